The van der Waals surface area contributed by atoms with Crippen molar-refractivity contribution in [1.29, 1.82) is 0 Å². The lowest BCUT2D eigenvalue weighted by molar-refractivity contribution is 0.184. The number of aliphatic hydroxyl groups excluding tert-OH is 1. The summed E-state index contributed by atoms with van der Waals surface area (Å²) in [6, 6.07) is 6.93. The van der Waals surface area contributed by atoms with Crippen molar-refractivity contribution in [3.05, 3.63) is 29.3 Å². The summed E-state index contributed by atoms with van der Waals surface area (Å²) in [7, 11) is 0. The molecule has 1 aliphatic rings. The number of nitrogens with one attached hydrogen (secondary N) is 1. The van der Waals surface area contributed by atoms with Gasteiger partial charge >= 0.3 is 0 Å². The fourth-order valence-corrected chi connectivity index (χ4v) is 2.30. The highest BCUT2D eigenvalue weighted by atomic mass is 16.3. The van der Waals surface area contributed by atoms with E-state index in [4.69, 9.17) is 0 Å². The second kappa shape index (κ2) is 5.07. The Morgan fingerprint density at radius 3 is 2.71 bits per heavy atom. The Kier molecular flexibility index (Phi) is 3.69. The SMILES string of the molecule is Cc1ccc(N2CC(O)CNCC2C)cc1C. The van der Waals surface area contributed by atoms with Gasteiger partial charge in [-0.3, -0.25) is 0 Å². The van der Waals surface area contributed by atoms with Crippen molar-refractivity contribution in [1.82, 2.24) is 5.32 Å². The Morgan fingerprint density at radius 1 is 1.24 bits per heavy atom. The normalized spacial score (nSPS) is 25.8. The molecule has 1 aromatic rings. The second-order valence-corrected chi connectivity index (χ2v) is 5.08. The van der Waals surface area contributed by atoms with Crippen LogP contribution in [0.3, 0.4) is 0 Å². The maximum atomic E-state index is 9.86. The van der Waals surface area contributed by atoms with Crippen LogP contribution in [-0.4, -0.2) is 36.9 Å². The first-order chi connectivity index (χ1) is 8.08. The van der Waals surface area contributed by atoms with E-state index in [9.17, 15) is 5.11 Å². The zero-order chi connectivity index (χ0) is 12.4. The molecule has 0 spiro atoms. The van der Waals surface area contributed by atoms with E-state index < -0.39 is 0 Å². The summed E-state index contributed by atoms with van der Waals surface area (Å²) in [6.45, 7) is 8.77. The van der Waals surface area contributed by atoms with Gasteiger partial charge < -0.3 is 15.3 Å². The number of hydrogen-bond acceptors (Lipinski definition) is 3. The lowest BCUT2D eigenvalue weighted by atomic mass is 10.1. The maximum Gasteiger partial charge on any atom is 0.0839 e. The fraction of sp³-hybridized carbons (Fsp3) is 0.571. The Morgan fingerprint density at radius 2 is 2.00 bits per heavy atom. The molecule has 0 saturated carbocycles. The van der Waals surface area contributed by atoms with Gasteiger partial charge in [-0.05, 0) is 44.0 Å². The number of aliphatic hydroxyl groups is 1. The third kappa shape index (κ3) is 2.79. The monoisotopic (exact) mass is 234 g/mol. The first-order valence-corrected chi connectivity index (χ1v) is 6.30. The fourth-order valence-electron chi connectivity index (χ4n) is 2.30. The number of aryl methyl sites for hydroxylation is 2. The van der Waals surface area contributed by atoms with Crippen molar-refractivity contribution in [3.8, 4) is 0 Å². The molecule has 1 aromatic carbocycles. The lowest BCUT2D eigenvalue weighted by Gasteiger charge is -2.30. The van der Waals surface area contributed by atoms with E-state index in [1.807, 2.05) is 0 Å². The van der Waals surface area contributed by atoms with E-state index in [0.29, 0.717) is 19.1 Å². The molecule has 2 atom stereocenters. The van der Waals surface area contributed by atoms with Gasteiger partial charge in [0.1, 0.15) is 0 Å². The zero-order valence-corrected chi connectivity index (χ0v) is 10.9. The van der Waals surface area contributed by atoms with E-state index in [0.717, 1.165) is 6.54 Å². The van der Waals surface area contributed by atoms with Gasteiger partial charge in [0.05, 0.1) is 6.10 Å². The first kappa shape index (κ1) is 12.4. The Bertz CT molecular complexity index is 392. The van der Waals surface area contributed by atoms with Gasteiger partial charge in [0.2, 0.25) is 0 Å². The first-order valence-electron chi connectivity index (χ1n) is 6.30. The van der Waals surface area contributed by atoms with Gasteiger partial charge in [-0.1, -0.05) is 6.07 Å². The minimum absolute atomic E-state index is 0.290. The lowest BCUT2D eigenvalue weighted by Crippen LogP contribution is -2.39. The molecule has 0 aliphatic carbocycles. The smallest absolute Gasteiger partial charge is 0.0839 e. The third-order valence-corrected chi connectivity index (χ3v) is 3.58. The average Bonchev–Trinajstić information content (AvgIpc) is 2.45. The van der Waals surface area contributed by atoms with E-state index >= 15 is 0 Å². The predicted octanol–water partition coefficient (Wildman–Crippen LogP) is 1.46. The van der Waals surface area contributed by atoms with Crippen LogP contribution in [0.5, 0.6) is 0 Å². The van der Waals surface area contributed by atoms with Gasteiger partial charge in [0.25, 0.3) is 0 Å². The molecule has 1 heterocycles. The molecule has 1 aliphatic heterocycles. The van der Waals surface area contributed by atoms with Crippen LogP contribution in [-0.2, 0) is 0 Å². The minimum Gasteiger partial charge on any atom is -0.390 e. The van der Waals surface area contributed by atoms with Crippen molar-refractivity contribution >= 4 is 5.69 Å². The second-order valence-electron chi connectivity index (χ2n) is 5.08. The highest BCUT2D eigenvalue weighted by Crippen LogP contribution is 2.21. The van der Waals surface area contributed by atoms with Crippen LogP contribution in [0.2, 0.25) is 0 Å². The Balaban J connectivity index is 2.26. The molecule has 17 heavy (non-hydrogen) atoms. The number of nitrogens with zero attached hydrogens (tertiary/aromatic N) is 1. The molecule has 0 radical (unpaired) electrons. The maximum absolute atomic E-state index is 9.86. The van der Waals surface area contributed by atoms with E-state index in [1.165, 1.54) is 16.8 Å². The number of anilines is 1. The molecule has 94 valence electrons. The molecule has 0 amide bonds. The molecule has 1 saturated heterocycles. The van der Waals surface area contributed by atoms with Gasteiger partial charge in [0.15, 0.2) is 0 Å². The largest absolute Gasteiger partial charge is 0.390 e. The van der Waals surface area contributed by atoms with Crippen LogP contribution in [0.1, 0.15) is 18.1 Å². The van der Waals surface area contributed by atoms with Crippen LogP contribution in [0, 0.1) is 13.8 Å². The van der Waals surface area contributed by atoms with Crippen LogP contribution >= 0.6 is 0 Å². The standard InChI is InChI=1S/C14H22N2O/c1-10-4-5-13(6-11(10)2)16-9-14(17)8-15-7-12(16)3/h4-6,12,14-15,17H,7-9H2,1-3H3. The summed E-state index contributed by atoms with van der Waals surface area (Å²) in [5.41, 5.74) is 3.83. The van der Waals surface area contributed by atoms with E-state index in [1.54, 1.807) is 0 Å². The van der Waals surface area contributed by atoms with E-state index in [2.05, 4.69) is 49.2 Å². The van der Waals surface area contributed by atoms with Crippen molar-refractivity contribution in [2.75, 3.05) is 24.5 Å². The molecule has 2 unspecified atom stereocenters. The summed E-state index contributed by atoms with van der Waals surface area (Å²) >= 11 is 0. The predicted molar refractivity (Wildman–Crippen MR) is 71.6 cm³/mol. The van der Waals surface area contributed by atoms with Gasteiger partial charge in [0, 0.05) is 31.4 Å². The third-order valence-electron chi connectivity index (χ3n) is 3.58. The average molecular weight is 234 g/mol. The number of β-amino-alcohol motifs (C(OH)–C–C–N with tert-alkyl or cyclic N) is 1. The molecular weight excluding hydrogens is 212 g/mol. The molecular formula is C14H22N2O. The summed E-state index contributed by atoms with van der Waals surface area (Å²) < 4.78 is 0. The van der Waals surface area contributed by atoms with Crippen LogP contribution in [0.15, 0.2) is 18.2 Å². The molecule has 2 rings (SSSR count). The summed E-state index contributed by atoms with van der Waals surface area (Å²) in [4.78, 5) is 2.29. The number of hydrogen-bond donors (Lipinski definition) is 2. The van der Waals surface area contributed by atoms with Crippen LogP contribution in [0.25, 0.3) is 0 Å². The van der Waals surface area contributed by atoms with Crippen LogP contribution < -0.4 is 10.2 Å². The van der Waals surface area contributed by atoms with Gasteiger partial charge in [-0.15, -0.1) is 0 Å². The van der Waals surface area contributed by atoms with Gasteiger partial charge in [-0.25, -0.2) is 0 Å². The Labute approximate surface area is 103 Å². The quantitative estimate of drug-likeness (QED) is 0.772. The zero-order valence-electron chi connectivity index (χ0n) is 10.9. The topological polar surface area (TPSA) is 35.5 Å². The van der Waals surface area contributed by atoms with Crippen molar-refractivity contribution in [2.24, 2.45) is 0 Å². The number of benzene rings is 1. The van der Waals surface area contributed by atoms with Gasteiger partial charge in [-0.2, -0.15) is 0 Å². The molecule has 3 nitrogen and oxygen atoms in total. The highest BCUT2D eigenvalue weighted by molar-refractivity contribution is 5.51. The summed E-state index contributed by atoms with van der Waals surface area (Å²) in [5.74, 6) is 0. The molecule has 0 bridgehead atoms. The summed E-state index contributed by atoms with van der Waals surface area (Å²) in [6.07, 6.45) is -0.290. The number of rotatable bonds is 1. The van der Waals surface area contributed by atoms with E-state index in [-0.39, 0.29) is 6.10 Å². The van der Waals surface area contributed by atoms with Crippen molar-refractivity contribution < 1.29 is 5.11 Å². The molecule has 3 heteroatoms. The minimum atomic E-state index is -0.290. The van der Waals surface area contributed by atoms with Crippen molar-refractivity contribution in [2.45, 2.75) is 32.9 Å². The molecule has 2 N–H and O–H groups in total. The Hall–Kier alpha value is -1.06. The molecule has 0 aromatic heterocycles. The summed E-state index contributed by atoms with van der Waals surface area (Å²) in [5, 5.41) is 13.1. The van der Waals surface area contributed by atoms with Crippen molar-refractivity contribution in [3.63, 3.8) is 0 Å². The highest BCUT2D eigenvalue weighted by Gasteiger charge is 2.21. The van der Waals surface area contributed by atoms with Crippen LogP contribution in [0.4, 0.5) is 5.69 Å². The molecule has 1 fully saturated rings.